The molecule has 0 saturated carbocycles. The maximum absolute atomic E-state index is 4.59. The van der Waals surface area contributed by atoms with Crippen molar-refractivity contribution in [3.8, 4) is 0 Å². The average molecular weight is 241 g/mol. The van der Waals surface area contributed by atoms with Crippen molar-refractivity contribution in [3.05, 3.63) is 17.1 Å². The molecule has 1 aliphatic heterocycles. The smallest absolute Gasteiger partial charge is 0.140 e. The van der Waals surface area contributed by atoms with E-state index < -0.39 is 0 Å². The third-order valence-electron chi connectivity index (χ3n) is 2.24. The van der Waals surface area contributed by atoms with Crippen LogP contribution in [0.25, 0.3) is 0 Å². The SMILES string of the molecule is CCNc1nc(CSC)nc2c1CSC2. The van der Waals surface area contributed by atoms with Gasteiger partial charge in [0.05, 0.1) is 11.4 Å². The Morgan fingerprint density at radius 1 is 1.40 bits per heavy atom. The van der Waals surface area contributed by atoms with Gasteiger partial charge in [-0.05, 0) is 13.2 Å². The van der Waals surface area contributed by atoms with Gasteiger partial charge in [0.1, 0.15) is 11.6 Å². The Hall–Kier alpha value is -0.420. The third kappa shape index (κ3) is 2.39. The van der Waals surface area contributed by atoms with E-state index in [1.165, 1.54) is 11.3 Å². The lowest BCUT2D eigenvalue weighted by atomic mass is 10.2. The van der Waals surface area contributed by atoms with Gasteiger partial charge in [-0.15, -0.1) is 0 Å². The standard InChI is InChI=1S/C10H15N3S2/c1-3-11-10-7-4-15-5-8(7)12-9(13-10)6-14-2/h3-6H2,1-2H3,(H,11,12,13). The molecule has 0 unspecified atom stereocenters. The van der Waals surface area contributed by atoms with Crippen LogP contribution in [-0.4, -0.2) is 22.8 Å². The quantitative estimate of drug-likeness (QED) is 0.877. The number of hydrogen-bond acceptors (Lipinski definition) is 5. The highest BCUT2D eigenvalue weighted by Gasteiger charge is 2.18. The zero-order valence-corrected chi connectivity index (χ0v) is 10.7. The summed E-state index contributed by atoms with van der Waals surface area (Å²) in [5.74, 6) is 5.00. The Labute approximate surface area is 98.9 Å². The van der Waals surface area contributed by atoms with Crippen LogP contribution in [0.3, 0.4) is 0 Å². The van der Waals surface area contributed by atoms with Crippen molar-refractivity contribution < 1.29 is 0 Å². The Bertz CT molecular complexity index is 355. The van der Waals surface area contributed by atoms with Gasteiger partial charge in [0, 0.05) is 23.6 Å². The van der Waals surface area contributed by atoms with Gasteiger partial charge in [-0.1, -0.05) is 0 Å². The summed E-state index contributed by atoms with van der Waals surface area (Å²) in [5, 5.41) is 3.33. The number of thioether (sulfide) groups is 2. The largest absolute Gasteiger partial charge is 0.370 e. The van der Waals surface area contributed by atoms with Crippen LogP contribution in [0.1, 0.15) is 24.0 Å². The van der Waals surface area contributed by atoms with Gasteiger partial charge in [0.25, 0.3) is 0 Å². The monoisotopic (exact) mass is 241 g/mol. The molecule has 1 N–H and O–H groups in total. The van der Waals surface area contributed by atoms with Crippen LogP contribution >= 0.6 is 23.5 Å². The predicted molar refractivity (Wildman–Crippen MR) is 68.4 cm³/mol. The molecular weight excluding hydrogens is 226 g/mol. The molecule has 2 rings (SSSR count). The zero-order valence-electron chi connectivity index (χ0n) is 9.04. The zero-order chi connectivity index (χ0) is 10.7. The molecule has 0 fully saturated rings. The molecule has 1 aromatic rings. The molecule has 0 saturated heterocycles. The normalized spacial score (nSPS) is 14.0. The van der Waals surface area contributed by atoms with Gasteiger partial charge in [0.15, 0.2) is 0 Å². The Kier molecular flexibility index (Phi) is 3.75. The molecule has 3 nitrogen and oxygen atoms in total. The maximum Gasteiger partial charge on any atom is 0.140 e. The van der Waals surface area contributed by atoms with Crippen LogP contribution in [0.15, 0.2) is 0 Å². The van der Waals surface area contributed by atoms with Crippen LogP contribution in [0.2, 0.25) is 0 Å². The lowest BCUT2D eigenvalue weighted by Gasteiger charge is -2.09. The van der Waals surface area contributed by atoms with E-state index in [1.807, 2.05) is 11.8 Å². The van der Waals surface area contributed by atoms with E-state index in [9.17, 15) is 0 Å². The molecule has 1 aliphatic rings. The number of fused-ring (bicyclic) bond motifs is 1. The van der Waals surface area contributed by atoms with Gasteiger partial charge in [0.2, 0.25) is 0 Å². The first-order chi connectivity index (χ1) is 7.35. The van der Waals surface area contributed by atoms with Gasteiger partial charge >= 0.3 is 0 Å². The molecule has 0 bridgehead atoms. The molecule has 0 amide bonds. The number of aromatic nitrogens is 2. The Morgan fingerprint density at radius 2 is 2.27 bits per heavy atom. The summed E-state index contributed by atoms with van der Waals surface area (Å²) in [7, 11) is 0. The van der Waals surface area contributed by atoms with Gasteiger partial charge in [-0.3, -0.25) is 0 Å². The van der Waals surface area contributed by atoms with Crippen LogP contribution in [-0.2, 0) is 17.3 Å². The van der Waals surface area contributed by atoms with E-state index in [4.69, 9.17) is 0 Å². The van der Waals surface area contributed by atoms with Crippen molar-refractivity contribution in [1.29, 1.82) is 0 Å². The minimum Gasteiger partial charge on any atom is -0.370 e. The minimum absolute atomic E-state index is 0.899. The molecule has 0 aromatic carbocycles. The lowest BCUT2D eigenvalue weighted by Crippen LogP contribution is -2.07. The first kappa shape index (κ1) is 11.1. The van der Waals surface area contributed by atoms with E-state index in [0.29, 0.717) is 0 Å². The van der Waals surface area contributed by atoms with Crippen LogP contribution in [0, 0.1) is 0 Å². The lowest BCUT2D eigenvalue weighted by molar-refractivity contribution is 0.966. The second kappa shape index (κ2) is 5.07. The molecule has 15 heavy (non-hydrogen) atoms. The highest BCUT2D eigenvalue weighted by Crippen LogP contribution is 2.32. The molecule has 0 radical (unpaired) electrons. The second-order valence-corrected chi connectivity index (χ2v) is 5.22. The molecule has 0 aliphatic carbocycles. The maximum atomic E-state index is 4.59. The van der Waals surface area contributed by atoms with Crippen LogP contribution < -0.4 is 5.32 Å². The topological polar surface area (TPSA) is 37.8 Å². The molecule has 0 atom stereocenters. The van der Waals surface area contributed by atoms with Crippen molar-refractivity contribution in [2.24, 2.45) is 0 Å². The van der Waals surface area contributed by atoms with Crippen molar-refractivity contribution in [3.63, 3.8) is 0 Å². The molecular formula is C10H15N3S2. The molecule has 2 heterocycles. The van der Waals surface area contributed by atoms with Crippen molar-refractivity contribution in [1.82, 2.24) is 9.97 Å². The average Bonchev–Trinajstić information content (AvgIpc) is 2.67. The van der Waals surface area contributed by atoms with E-state index in [2.05, 4.69) is 28.5 Å². The molecule has 0 spiro atoms. The summed E-state index contributed by atoms with van der Waals surface area (Å²) in [6.07, 6.45) is 2.08. The van der Waals surface area contributed by atoms with Crippen LogP contribution in [0.5, 0.6) is 0 Å². The predicted octanol–water partition coefficient (Wildman–Crippen LogP) is 2.52. The number of rotatable bonds is 4. The van der Waals surface area contributed by atoms with Gasteiger partial charge in [-0.2, -0.15) is 23.5 Å². The van der Waals surface area contributed by atoms with E-state index >= 15 is 0 Å². The van der Waals surface area contributed by atoms with Gasteiger partial charge < -0.3 is 5.32 Å². The van der Waals surface area contributed by atoms with E-state index in [1.54, 1.807) is 11.8 Å². The van der Waals surface area contributed by atoms with E-state index in [0.717, 1.165) is 35.4 Å². The summed E-state index contributed by atoms with van der Waals surface area (Å²) < 4.78 is 0. The first-order valence-corrected chi connectivity index (χ1v) is 7.59. The van der Waals surface area contributed by atoms with Crippen molar-refractivity contribution in [2.45, 2.75) is 24.2 Å². The van der Waals surface area contributed by atoms with Crippen molar-refractivity contribution >= 4 is 29.3 Å². The summed E-state index contributed by atoms with van der Waals surface area (Å²) in [5.41, 5.74) is 2.54. The summed E-state index contributed by atoms with van der Waals surface area (Å²) in [6, 6.07) is 0. The second-order valence-electron chi connectivity index (χ2n) is 3.37. The number of anilines is 1. The number of hydrogen-bond donors (Lipinski definition) is 1. The van der Waals surface area contributed by atoms with Crippen molar-refractivity contribution in [2.75, 3.05) is 18.1 Å². The fourth-order valence-electron chi connectivity index (χ4n) is 1.61. The highest BCUT2D eigenvalue weighted by molar-refractivity contribution is 7.98. The summed E-state index contributed by atoms with van der Waals surface area (Å²) in [6.45, 7) is 3.03. The fourth-order valence-corrected chi connectivity index (χ4v) is 3.04. The fraction of sp³-hybridized carbons (Fsp3) is 0.600. The molecule has 1 aromatic heterocycles. The highest BCUT2D eigenvalue weighted by atomic mass is 32.2. The number of nitrogens with zero attached hydrogens (tertiary/aromatic N) is 2. The summed E-state index contributed by atoms with van der Waals surface area (Å²) in [4.78, 5) is 9.16. The molecule has 82 valence electrons. The Balaban J connectivity index is 2.34. The van der Waals surface area contributed by atoms with Gasteiger partial charge in [-0.25, -0.2) is 9.97 Å². The summed E-state index contributed by atoms with van der Waals surface area (Å²) >= 11 is 3.69. The first-order valence-electron chi connectivity index (χ1n) is 5.04. The van der Waals surface area contributed by atoms with E-state index in [-0.39, 0.29) is 0 Å². The third-order valence-corrected chi connectivity index (χ3v) is 3.76. The Morgan fingerprint density at radius 3 is 3.00 bits per heavy atom. The van der Waals surface area contributed by atoms with Crippen LogP contribution in [0.4, 0.5) is 5.82 Å². The minimum atomic E-state index is 0.899. The molecule has 5 heteroatoms. The number of nitrogens with one attached hydrogen (secondary N) is 1.